The molecule has 15 heavy (non-hydrogen) atoms. The second-order valence-electron chi connectivity index (χ2n) is 3.32. The lowest BCUT2D eigenvalue weighted by molar-refractivity contribution is -0.774. The molecule has 0 aliphatic rings. The van der Waals surface area contributed by atoms with E-state index in [9.17, 15) is 20.2 Å². The molecule has 0 aromatic carbocycles. The first-order chi connectivity index (χ1) is 7.06. The third-order valence-electron chi connectivity index (χ3n) is 1.97. The highest BCUT2D eigenvalue weighted by atomic mass is 17.0. The van der Waals surface area contributed by atoms with E-state index in [1.165, 1.54) is 0 Å². The molecular formula is C8H16N2O5. The SMILES string of the molecule is CCCCCCC(C[N+](=O)[O-])O[N+](=O)[O-]. The van der Waals surface area contributed by atoms with Crippen LogP contribution in [0.4, 0.5) is 0 Å². The van der Waals surface area contributed by atoms with E-state index in [1.54, 1.807) is 0 Å². The molecule has 0 aliphatic heterocycles. The smallest absolute Gasteiger partial charge is 0.295 e. The first-order valence-corrected chi connectivity index (χ1v) is 4.99. The van der Waals surface area contributed by atoms with Crippen molar-refractivity contribution in [1.82, 2.24) is 0 Å². The summed E-state index contributed by atoms with van der Waals surface area (Å²) in [7, 11) is 0. The van der Waals surface area contributed by atoms with Crippen LogP contribution in [-0.4, -0.2) is 22.7 Å². The van der Waals surface area contributed by atoms with Gasteiger partial charge in [0.25, 0.3) is 5.09 Å². The predicted molar refractivity (Wildman–Crippen MR) is 52.5 cm³/mol. The number of nitrogens with zero attached hydrogens (tertiary/aromatic N) is 2. The standard InChI is InChI=1S/C8H16N2O5/c1-2-3-4-5-6-8(7-9(11)12)15-10(13)14/h8H,2-7H2,1H3. The Morgan fingerprint density at radius 3 is 2.33 bits per heavy atom. The van der Waals surface area contributed by atoms with Gasteiger partial charge in [-0.2, -0.15) is 0 Å². The van der Waals surface area contributed by atoms with Gasteiger partial charge >= 0.3 is 0 Å². The minimum Gasteiger partial charge on any atom is -0.304 e. The van der Waals surface area contributed by atoms with Crippen LogP contribution < -0.4 is 0 Å². The second-order valence-corrected chi connectivity index (χ2v) is 3.32. The summed E-state index contributed by atoms with van der Waals surface area (Å²) in [4.78, 5) is 23.9. The Hall–Kier alpha value is -1.40. The number of unbranched alkanes of at least 4 members (excludes halogenated alkanes) is 3. The summed E-state index contributed by atoms with van der Waals surface area (Å²) in [6, 6.07) is 0. The molecule has 7 heteroatoms. The summed E-state index contributed by atoms with van der Waals surface area (Å²) < 4.78 is 0. The van der Waals surface area contributed by atoms with Gasteiger partial charge in [-0.25, -0.2) is 0 Å². The molecule has 0 spiro atoms. The van der Waals surface area contributed by atoms with Crippen LogP contribution in [0, 0.1) is 20.2 Å². The van der Waals surface area contributed by atoms with Crippen molar-refractivity contribution in [3.63, 3.8) is 0 Å². The van der Waals surface area contributed by atoms with Crippen LogP contribution in [-0.2, 0) is 4.84 Å². The van der Waals surface area contributed by atoms with Crippen molar-refractivity contribution in [2.24, 2.45) is 0 Å². The second kappa shape index (κ2) is 7.95. The van der Waals surface area contributed by atoms with Crippen LogP contribution in [0.2, 0.25) is 0 Å². The average Bonchev–Trinajstić information content (AvgIpc) is 2.10. The number of hydrogen-bond acceptors (Lipinski definition) is 5. The van der Waals surface area contributed by atoms with Crippen molar-refractivity contribution in [1.29, 1.82) is 0 Å². The van der Waals surface area contributed by atoms with Gasteiger partial charge in [-0.3, -0.25) is 10.1 Å². The highest BCUT2D eigenvalue weighted by molar-refractivity contribution is 4.55. The fourth-order valence-corrected chi connectivity index (χ4v) is 1.26. The summed E-state index contributed by atoms with van der Waals surface area (Å²) in [5, 5.41) is 19.3. The molecule has 0 N–H and O–H groups in total. The average molecular weight is 220 g/mol. The van der Waals surface area contributed by atoms with Crippen molar-refractivity contribution in [2.45, 2.75) is 45.1 Å². The van der Waals surface area contributed by atoms with Crippen molar-refractivity contribution >= 4 is 0 Å². The molecule has 0 heterocycles. The molecular weight excluding hydrogens is 204 g/mol. The third-order valence-corrected chi connectivity index (χ3v) is 1.97. The van der Waals surface area contributed by atoms with Crippen molar-refractivity contribution in [2.75, 3.05) is 6.54 Å². The van der Waals surface area contributed by atoms with Gasteiger partial charge < -0.3 is 4.84 Å². The highest BCUT2D eigenvalue weighted by Gasteiger charge is 2.18. The zero-order chi connectivity index (χ0) is 11.7. The Morgan fingerprint density at radius 1 is 1.20 bits per heavy atom. The Balaban J connectivity index is 3.79. The summed E-state index contributed by atoms with van der Waals surface area (Å²) >= 11 is 0. The normalized spacial score (nSPS) is 12.1. The molecule has 0 radical (unpaired) electrons. The van der Waals surface area contributed by atoms with Crippen LogP contribution in [0.5, 0.6) is 0 Å². The van der Waals surface area contributed by atoms with Gasteiger partial charge in [-0.05, 0) is 6.42 Å². The Bertz CT molecular complexity index is 193. The predicted octanol–water partition coefficient (Wildman–Crippen LogP) is 1.81. The molecule has 0 saturated heterocycles. The number of rotatable bonds is 9. The van der Waals surface area contributed by atoms with Crippen LogP contribution in [0.1, 0.15) is 39.0 Å². The lowest BCUT2D eigenvalue weighted by Gasteiger charge is -2.09. The maximum absolute atomic E-state index is 10.2. The molecule has 7 nitrogen and oxygen atoms in total. The van der Waals surface area contributed by atoms with E-state index >= 15 is 0 Å². The minimum absolute atomic E-state index is 0.363. The fourth-order valence-electron chi connectivity index (χ4n) is 1.26. The maximum atomic E-state index is 10.2. The summed E-state index contributed by atoms with van der Waals surface area (Å²) in [6.07, 6.45) is 3.18. The van der Waals surface area contributed by atoms with E-state index in [-0.39, 0.29) is 0 Å². The summed E-state index contributed by atoms with van der Waals surface area (Å²) in [5.41, 5.74) is 0. The van der Waals surface area contributed by atoms with Crippen LogP contribution in [0.3, 0.4) is 0 Å². The zero-order valence-corrected chi connectivity index (χ0v) is 8.76. The van der Waals surface area contributed by atoms with Gasteiger partial charge in [0.15, 0.2) is 6.10 Å². The van der Waals surface area contributed by atoms with E-state index in [4.69, 9.17) is 0 Å². The van der Waals surface area contributed by atoms with Crippen molar-refractivity contribution < 1.29 is 14.8 Å². The highest BCUT2D eigenvalue weighted by Crippen LogP contribution is 2.08. The van der Waals surface area contributed by atoms with Crippen molar-refractivity contribution in [3.05, 3.63) is 20.2 Å². The van der Waals surface area contributed by atoms with Crippen LogP contribution in [0.25, 0.3) is 0 Å². The zero-order valence-electron chi connectivity index (χ0n) is 8.76. The molecule has 0 aliphatic carbocycles. The summed E-state index contributed by atoms with van der Waals surface area (Å²) in [5.74, 6) is 0. The fraction of sp³-hybridized carbons (Fsp3) is 1.00. The van der Waals surface area contributed by atoms with Gasteiger partial charge in [-0.15, -0.1) is 10.1 Å². The first kappa shape index (κ1) is 13.6. The monoisotopic (exact) mass is 220 g/mol. The molecule has 1 unspecified atom stereocenters. The van der Waals surface area contributed by atoms with E-state index in [1.807, 2.05) is 6.92 Å². The molecule has 88 valence electrons. The van der Waals surface area contributed by atoms with E-state index in [0.29, 0.717) is 6.42 Å². The molecule has 1 atom stereocenters. The Kier molecular flexibility index (Phi) is 7.21. The van der Waals surface area contributed by atoms with Crippen LogP contribution in [0.15, 0.2) is 0 Å². The molecule has 0 saturated carbocycles. The van der Waals surface area contributed by atoms with E-state index in [0.717, 1.165) is 25.7 Å². The van der Waals surface area contributed by atoms with Crippen LogP contribution >= 0.6 is 0 Å². The first-order valence-electron chi connectivity index (χ1n) is 4.99. The third kappa shape index (κ3) is 8.92. The Labute approximate surface area is 87.7 Å². The Morgan fingerprint density at radius 2 is 1.87 bits per heavy atom. The molecule has 0 fully saturated rings. The summed E-state index contributed by atoms with van der Waals surface area (Å²) in [6.45, 7) is 1.54. The quantitative estimate of drug-likeness (QED) is 0.335. The van der Waals surface area contributed by atoms with Gasteiger partial charge in [-0.1, -0.05) is 32.6 Å². The number of nitro groups is 1. The molecule has 0 aromatic heterocycles. The maximum Gasteiger partial charge on any atom is 0.295 e. The topological polar surface area (TPSA) is 95.5 Å². The lowest BCUT2D eigenvalue weighted by atomic mass is 10.1. The lowest BCUT2D eigenvalue weighted by Crippen LogP contribution is -2.25. The van der Waals surface area contributed by atoms with Gasteiger partial charge in [0, 0.05) is 4.92 Å². The van der Waals surface area contributed by atoms with Gasteiger partial charge in [0.05, 0.1) is 0 Å². The molecule has 0 bridgehead atoms. The van der Waals surface area contributed by atoms with Gasteiger partial charge in [0.2, 0.25) is 6.54 Å². The molecule has 0 amide bonds. The largest absolute Gasteiger partial charge is 0.304 e. The molecule has 0 aromatic rings. The van der Waals surface area contributed by atoms with E-state index < -0.39 is 22.7 Å². The minimum atomic E-state index is -0.964. The molecule has 0 rings (SSSR count). The number of hydrogen-bond donors (Lipinski definition) is 0. The van der Waals surface area contributed by atoms with E-state index in [2.05, 4.69) is 4.84 Å². The van der Waals surface area contributed by atoms with Gasteiger partial charge in [0.1, 0.15) is 0 Å². The van der Waals surface area contributed by atoms with Crippen molar-refractivity contribution in [3.8, 4) is 0 Å².